The molecule has 1 aliphatic rings. The molecule has 0 aromatic heterocycles. The molecule has 1 aromatic carbocycles. The van der Waals surface area contributed by atoms with Crippen molar-refractivity contribution < 1.29 is 9.59 Å². The SMILES string of the molecule is CC(C)(C)C(=O)N1CCC(NC(=O)c2ccc(Br)cc2)CC1. The average molecular weight is 367 g/mol. The summed E-state index contributed by atoms with van der Waals surface area (Å²) in [5.41, 5.74) is 0.324. The second-order valence-electron chi connectivity index (χ2n) is 6.80. The first-order valence-corrected chi connectivity index (χ1v) is 8.42. The third kappa shape index (κ3) is 4.32. The lowest BCUT2D eigenvalue weighted by Crippen LogP contribution is -2.49. The molecule has 2 amide bonds. The number of hydrogen-bond acceptors (Lipinski definition) is 2. The summed E-state index contributed by atoms with van der Waals surface area (Å²) in [6.07, 6.45) is 1.62. The monoisotopic (exact) mass is 366 g/mol. The van der Waals surface area contributed by atoms with Crippen LogP contribution < -0.4 is 5.32 Å². The molecule has 1 saturated heterocycles. The molecule has 2 rings (SSSR count). The van der Waals surface area contributed by atoms with Gasteiger partial charge in [-0.1, -0.05) is 36.7 Å². The molecule has 0 aliphatic carbocycles. The van der Waals surface area contributed by atoms with Crippen LogP contribution in [0.3, 0.4) is 0 Å². The van der Waals surface area contributed by atoms with Crippen LogP contribution in [0.25, 0.3) is 0 Å². The number of piperidine rings is 1. The van der Waals surface area contributed by atoms with Gasteiger partial charge in [0.1, 0.15) is 0 Å². The minimum atomic E-state index is -0.340. The van der Waals surface area contributed by atoms with Crippen LogP contribution in [0, 0.1) is 5.41 Å². The Bertz CT molecular complexity index is 541. The summed E-state index contributed by atoms with van der Waals surface area (Å²) >= 11 is 3.36. The van der Waals surface area contributed by atoms with Crippen LogP contribution in [0.5, 0.6) is 0 Å². The zero-order valence-corrected chi connectivity index (χ0v) is 14.9. The zero-order chi connectivity index (χ0) is 16.3. The molecule has 0 radical (unpaired) electrons. The summed E-state index contributed by atoms with van der Waals surface area (Å²) in [7, 11) is 0. The first kappa shape index (κ1) is 17.0. The summed E-state index contributed by atoms with van der Waals surface area (Å²) in [6.45, 7) is 7.24. The maximum Gasteiger partial charge on any atom is 0.251 e. The highest BCUT2D eigenvalue weighted by Gasteiger charge is 2.30. The molecule has 0 bridgehead atoms. The van der Waals surface area contributed by atoms with Gasteiger partial charge in [0.15, 0.2) is 0 Å². The number of carbonyl (C=O) groups excluding carboxylic acids is 2. The fourth-order valence-corrected chi connectivity index (χ4v) is 2.84. The third-order valence-electron chi connectivity index (χ3n) is 3.87. The summed E-state index contributed by atoms with van der Waals surface area (Å²) in [6, 6.07) is 7.47. The van der Waals surface area contributed by atoms with Gasteiger partial charge in [-0.3, -0.25) is 9.59 Å². The maximum absolute atomic E-state index is 12.2. The molecule has 120 valence electrons. The second kappa shape index (κ2) is 6.82. The summed E-state index contributed by atoms with van der Waals surface area (Å²) in [5.74, 6) is 0.137. The van der Waals surface area contributed by atoms with E-state index in [0.29, 0.717) is 18.7 Å². The van der Waals surface area contributed by atoms with Crippen molar-refractivity contribution in [2.24, 2.45) is 5.41 Å². The number of benzene rings is 1. The van der Waals surface area contributed by atoms with Crippen molar-refractivity contribution in [1.29, 1.82) is 0 Å². The van der Waals surface area contributed by atoms with Gasteiger partial charge < -0.3 is 10.2 Å². The lowest BCUT2D eigenvalue weighted by molar-refractivity contribution is -0.140. The molecular formula is C17H23BrN2O2. The highest BCUT2D eigenvalue weighted by molar-refractivity contribution is 9.10. The topological polar surface area (TPSA) is 49.4 Å². The van der Waals surface area contributed by atoms with Gasteiger partial charge in [0.05, 0.1) is 0 Å². The number of amides is 2. The highest BCUT2D eigenvalue weighted by atomic mass is 79.9. The smallest absolute Gasteiger partial charge is 0.251 e. The molecule has 5 heteroatoms. The van der Waals surface area contributed by atoms with Crippen molar-refractivity contribution in [3.8, 4) is 0 Å². The number of carbonyl (C=O) groups is 2. The maximum atomic E-state index is 12.2. The Labute approximate surface area is 140 Å². The fourth-order valence-electron chi connectivity index (χ4n) is 2.57. The lowest BCUT2D eigenvalue weighted by Gasteiger charge is -2.36. The summed E-state index contributed by atoms with van der Waals surface area (Å²) in [5, 5.41) is 3.06. The molecule has 0 atom stereocenters. The van der Waals surface area contributed by atoms with Crippen LogP contribution in [0.4, 0.5) is 0 Å². The van der Waals surface area contributed by atoms with E-state index in [1.54, 1.807) is 12.1 Å². The number of halogens is 1. The minimum absolute atomic E-state index is 0.0481. The number of nitrogens with one attached hydrogen (secondary N) is 1. The van der Waals surface area contributed by atoms with E-state index in [9.17, 15) is 9.59 Å². The van der Waals surface area contributed by atoms with E-state index in [1.807, 2.05) is 37.8 Å². The Morgan fingerprint density at radius 1 is 1.14 bits per heavy atom. The van der Waals surface area contributed by atoms with E-state index in [1.165, 1.54) is 0 Å². The molecule has 4 nitrogen and oxygen atoms in total. The molecule has 1 heterocycles. The van der Waals surface area contributed by atoms with Crippen molar-refractivity contribution in [2.75, 3.05) is 13.1 Å². The summed E-state index contributed by atoms with van der Waals surface area (Å²) in [4.78, 5) is 26.3. The van der Waals surface area contributed by atoms with E-state index in [0.717, 1.165) is 17.3 Å². The molecule has 1 fully saturated rings. The van der Waals surface area contributed by atoms with E-state index >= 15 is 0 Å². The lowest BCUT2D eigenvalue weighted by atomic mass is 9.93. The van der Waals surface area contributed by atoms with Gasteiger partial charge in [-0.25, -0.2) is 0 Å². The second-order valence-corrected chi connectivity index (χ2v) is 7.71. The van der Waals surface area contributed by atoms with Crippen LogP contribution in [-0.2, 0) is 4.79 Å². The first-order chi connectivity index (χ1) is 10.3. The molecule has 0 saturated carbocycles. The molecule has 1 N–H and O–H groups in total. The van der Waals surface area contributed by atoms with Gasteiger partial charge >= 0.3 is 0 Å². The van der Waals surface area contributed by atoms with Crippen LogP contribution in [-0.4, -0.2) is 35.8 Å². The predicted molar refractivity (Wildman–Crippen MR) is 90.7 cm³/mol. The Hall–Kier alpha value is -1.36. The van der Waals surface area contributed by atoms with Crippen molar-refractivity contribution in [1.82, 2.24) is 10.2 Å². The largest absolute Gasteiger partial charge is 0.349 e. The van der Waals surface area contributed by atoms with Crippen molar-refractivity contribution >= 4 is 27.7 Å². The van der Waals surface area contributed by atoms with Crippen molar-refractivity contribution in [3.05, 3.63) is 34.3 Å². The van der Waals surface area contributed by atoms with Gasteiger partial charge in [-0.15, -0.1) is 0 Å². The van der Waals surface area contributed by atoms with Crippen LogP contribution >= 0.6 is 15.9 Å². The van der Waals surface area contributed by atoms with E-state index in [4.69, 9.17) is 0 Å². The van der Waals surface area contributed by atoms with Crippen LogP contribution in [0.1, 0.15) is 44.0 Å². The minimum Gasteiger partial charge on any atom is -0.349 e. The highest BCUT2D eigenvalue weighted by Crippen LogP contribution is 2.21. The molecule has 0 unspecified atom stereocenters. The van der Waals surface area contributed by atoms with Crippen molar-refractivity contribution in [2.45, 2.75) is 39.7 Å². The van der Waals surface area contributed by atoms with Gasteiger partial charge in [0, 0.05) is 34.6 Å². The van der Waals surface area contributed by atoms with E-state index < -0.39 is 0 Å². The Balaban J connectivity index is 1.86. The molecule has 1 aliphatic heterocycles. The van der Waals surface area contributed by atoms with Gasteiger partial charge in [0.25, 0.3) is 5.91 Å². The number of hydrogen-bond donors (Lipinski definition) is 1. The number of nitrogens with zero attached hydrogens (tertiary/aromatic N) is 1. The molecule has 0 spiro atoms. The normalized spacial score (nSPS) is 16.5. The van der Waals surface area contributed by atoms with Crippen LogP contribution in [0.15, 0.2) is 28.7 Å². The summed E-state index contributed by atoms with van der Waals surface area (Å²) < 4.78 is 0.957. The standard InChI is InChI=1S/C17H23BrN2O2/c1-17(2,3)16(22)20-10-8-14(9-11-20)19-15(21)12-4-6-13(18)7-5-12/h4-7,14H,8-11H2,1-3H3,(H,19,21). The fraction of sp³-hybridized carbons (Fsp3) is 0.529. The Morgan fingerprint density at radius 3 is 2.18 bits per heavy atom. The van der Waals surface area contributed by atoms with Gasteiger partial charge in [-0.05, 0) is 37.1 Å². The number of likely N-dealkylation sites (tertiary alicyclic amines) is 1. The molecular weight excluding hydrogens is 344 g/mol. The third-order valence-corrected chi connectivity index (χ3v) is 4.39. The Kier molecular flexibility index (Phi) is 5.27. The van der Waals surface area contributed by atoms with Gasteiger partial charge in [-0.2, -0.15) is 0 Å². The molecule has 22 heavy (non-hydrogen) atoms. The van der Waals surface area contributed by atoms with Crippen molar-refractivity contribution in [3.63, 3.8) is 0 Å². The first-order valence-electron chi connectivity index (χ1n) is 7.63. The van der Waals surface area contributed by atoms with Crippen LogP contribution in [0.2, 0.25) is 0 Å². The van der Waals surface area contributed by atoms with Gasteiger partial charge in [0.2, 0.25) is 5.91 Å². The van der Waals surface area contributed by atoms with E-state index in [2.05, 4.69) is 21.2 Å². The Morgan fingerprint density at radius 2 is 1.68 bits per heavy atom. The average Bonchev–Trinajstić information content (AvgIpc) is 2.47. The predicted octanol–water partition coefficient (Wildman–Crippen LogP) is 3.22. The van der Waals surface area contributed by atoms with E-state index in [-0.39, 0.29) is 23.3 Å². The zero-order valence-electron chi connectivity index (χ0n) is 13.4. The number of rotatable bonds is 2. The molecule has 1 aromatic rings. The quantitative estimate of drug-likeness (QED) is 0.873.